The van der Waals surface area contributed by atoms with Crippen LogP contribution in [0.5, 0.6) is 0 Å². The van der Waals surface area contributed by atoms with Crippen LogP contribution in [0.25, 0.3) is 0 Å². The second kappa shape index (κ2) is 10.7. The Morgan fingerprint density at radius 3 is 2.64 bits per heavy atom. The number of anilines is 1. The van der Waals surface area contributed by atoms with Crippen LogP contribution in [0.4, 0.5) is 5.69 Å². The smallest absolute Gasteiger partial charge is 0.244 e. The summed E-state index contributed by atoms with van der Waals surface area (Å²) in [6.45, 7) is 6.17. The van der Waals surface area contributed by atoms with Crippen molar-refractivity contribution in [2.24, 2.45) is 0 Å². The second-order valence-corrected chi connectivity index (χ2v) is 8.11. The summed E-state index contributed by atoms with van der Waals surface area (Å²) in [5.41, 5.74) is 2.31. The summed E-state index contributed by atoms with van der Waals surface area (Å²) in [5.74, 6) is 1.29. The molecule has 152 valence electrons. The predicted octanol–water partition coefficient (Wildman–Crippen LogP) is 4.71. The maximum atomic E-state index is 12.6. The summed E-state index contributed by atoms with van der Waals surface area (Å²) in [5, 5.41) is 7.48. The van der Waals surface area contributed by atoms with Crippen LogP contribution >= 0.6 is 35.0 Å². The molecule has 0 radical (unpaired) electrons. The average molecular weight is 444 g/mol. The van der Waals surface area contributed by atoms with Crippen molar-refractivity contribution in [2.45, 2.75) is 32.9 Å². The fourth-order valence-corrected chi connectivity index (χ4v) is 4.09. The normalized spacial score (nSPS) is 10.8. The molecule has 0 fully saturated rings. The molecule has 1 aromatic heterocycles. The van der Waals surface area contributed by atoms with Crippen LogP contribution in [-0.4, -0.2) is 40.7 Å². The molecule has 0 aliphatic heterocycles. The van der Waals surface area contributed by atoms with Crippen molar-refractivity contribution >= 4 is 52.5 Å². The zero-order valence-corrected chi connectivity index (χ0v) is 18.4. The van der Waals surface area contributed by atoms with E-state index in [9.17, 15) is 9.59 Å². The standard InChI is InChI=1S/C19H23Cl2N3O3S/c1-4-7-24(9-18(25)22-17-6-5-14(20)8-16(17)21)19(26)11-28-10-15-12(2)23-27-13(15)3/h5-6,8H,4,7,9-11H2,1-3H3,(H,22,25). The second-order valence-electron chi connectivity index (χ2n) is 6.28. The van der Waals surface area contributed by atoms with E-state index in [1.807, 2.05) is 20.8 Å². The highest BCUT2D eigenvalue weighted by Crippen LogP contribution is 2.25. The maximum absolute atomic E-state index is 12.6. The predicted molar refractivity (Wildman–Crippen MR) is 114 cm³/mol. The van der Waals surface area contributed by atoms with Gasteiger partial charge in [0, 0.05) is 22.9 Å². The van der Waals surface area contributed by atoms with E-state index in [0.717, 1.165) is 23.4 Å². The Kier molecular flexibility index (Phi) is 8.66. The molecule has 0 spiro atoms. The van der Waals surface area contributed by atoms with Gasteiger partial charge in [-0.25, -0.2) is 0 Å². The number of carbonyl (C=O) groups excluding carboxylic acids is 2. The highest BCUT2D eigenvalue weighted by atomic mass is 35.5. The van der Waals surface area contributed by atoms with E-state index in [4.69, 9.17) is 27.7 Å². The van der Waals surface area contributed by atoms with Crippen LogP contribution in [0.15, 0.2) is 22.7 Å². The van der Waals surface area contributed by atoms with E-state index in [2.05, 4.69) is 10.5 Å². The largest absolute Gasteiger partial charge is 0.361 e. The van der Waals surface area contributed by atoms with E-state index in [0.29, 0.717) is 28.0 Å². The number of amides is 2. The number of nitrogens with one attached hydrogen (secondary N) is 1. The fraction of sp³-hybridized carbons (Fsp3) is 0.421. The third-order valence-corrected chi connectivity index (χ3v) is 5.53. The minimum atomic E-state index is -0.304. The van der Waals surface area contributed by atoms with Crippen LogP contribution in [-0.2, 0) is 15.3 Å². The topological polar surface area (TPSA) is 75.4 Å². The average Bonchev–Trinajstić information content (AvgIpc) is 2.95. The Labute approximate surface area is 178 Å². The molecule has 0 aliphatic rings. The van der Waals surface area contributed by atoms with Crippen molar-refractivity contribution in [1.82, 2.24) is 10.1 Å². The first kappa shape index (κ1) is 22.6. The van der Waals surface area contributed by atoms with Gasteiger partial charge in [-0.3, -0.25) is 9.59 Å². The molecule has 0 saturated heterocycles. The molecule has 0 unspecified atom stereocenters. The maximum Gasteiger partial charge on any atom is 0.244 e. The van der Waals surface area contributed by atoms with Gasteiger partial charge in [0.2, 0.25) is 11.8 Å². The van der Waals surface area contributed by atoms with Crippen molar-refractivity contribution < 1.29 is 14.1 Å². The van der Waals surface area contributed by atoms with E-state index < -0.39 is 0 Å². The van der Waals surface area contributed by atoms with Gasteiger partial charge in [-0.2, -0.15) is 0 Å². The molecule has 1 heterocycles. The Bertz CT molecular complexity index is 822. The SMILES string of the molecule is CCCN(CC(=O)Nc1ccc(Cl)cc1Cl)C(=O)CSCc1c(C)noc1C. The van der Waals surface area contributed by atoms with Crippen molar-refractivity contribution in [3.63, 3.8) is 0 Å². The lowest BCUT2D eigenvalue weighted by Gasteiger charge is -2.21. The molecular formula is C19H23Cl2N3O3S. The summed E-state index contributed by atoms with van der Waals surface area (Å²) >= 11 is 13.4. The summed E-state index contributed by atoms with van der Waals surface area (Å²) in [6, 6.07) is 4.83. The molecule has 2 aromatic rings. The molecular weight excluding hydrogens is 421 g/mol. The zero-order chi connectivity index (χ0) is 20.7. The van der Waals surface area contributed by atoms with Crippen LogP contribution in [0, 0.1) is 13.8 Å². The van der Waals surface area contributed by atoms with Crippen molar-refractivity contribution in [3.05, 3.63) is 45.3 Å². The first-order valence-corrected chi connectivity index (χ1v) is 10.7. The van der Waals surface area contributed by atoms with Gasteiger partial charge in [0.05, 0.1) is 28.7 Å². The van der Waals surface area contributed by atoms with Gasteiger partial charge in [-0.05, 0) is 38.5 Å². The van der Waals surface area contributed by atoms with Gasteiger partial charge in [0.25, 0.3) is 0 Å². The molecule has 9 heteroatoms. The summed E-state index contributed by atoms with van der Waals surface area (Å²) in [6.07, 6.45) is 0.759. The monoisotopic (exact) mass is 443 g/mol. The Morgan fingerprint density at radius 1 is 1.29 bits per heavy atom. The number of nitrogens with zero attached hydrogens (tertiary/aromatic N) is 2. The van der Waals surface area contributed by atoms with Crippen molar-refractivity contribution in [1.29, 1.82) is 0 Å². The Balaban J connectivity index is 1.90. The number of aromatic nitrogens is 1. The first-order chi connectivity index (χ1) is 13.3. The van der Waals surface area contributed by atoms with E-state index >= 15 is 0 Å². The summed E-state index contributed by atoms with van der Waals surface area (Å²) in [4.78, 5) is 26.5. The summed E-state index contributed by atoms with van der Waals surface area (Å²) < 4.78 is 5.13. The fourth-order valence-electron chi connectivity index (χ4n) is 2.56. The van der Waals surface area contributed by atoms with Gasteiger partial charge in [0.1, 0.15) is 5.76 Å². The summed E-state index contributed by atoms with van der Waals surface area (Å²) in [7, 11) is 0. The van der Waals surface area contributed by atoms with Crippen LogP contribution in [0.1, 0.15) is 30.4 Å². The molecule has 1 aromatic carbocycles. The highest BCUT2D eigenvalue weighted by molar-refractivity contribution is 7.99. The molecule has 0 atom stereocenters. The number of hydrogen-bond donors (Lipinski definition) is 1. The molecule has 0 saturated carbocycles. The van der Waals surface area contributed by atoms with E-state index in [1.54, 1.807) is 23.1 Å². The van der Waals surface area contributed by atoms with Crippen molar-refractivity contribution in [2.75, 3.05) is 24.2 Å². The highest BCUT2D eigenvalue weighted by Gasteiger charge is 2.18. The number of benzene rings is 1. The van der Waals surface area contributed by atoms with Crippen molar-refractivity contribution in [3.8, 4) is 0 Å². The molecule has 2 amide bonds. The van der Waals surface area contributed by atoms with Gasteiger partial charge < -0.3 is 14.7 Å². The van der Waals surface area contributed by atoms with E-state index in [1.165, 1.54) is 11.8 Å². The lowest BCUT2D eigenvalue weighted by molar-refractivity contribution is -0.132. The number of carbonyl (C=O) groups is 2. The van der Waals surface area contributed by atoms with Gasteiger partial charge in [0.15, 0.2) is 0 Å². The Morgan fingerprint density at radius 2 is 2.04 bits per heavy atom. The number of hydrogen-bond acceptors (Lipinski definition) is 5. The minimum absolute atomic E-state index is 0.0302. The van der Waals surface area contributed by atoms with Gasteiger partial charge >= 0.3 is 0 Å². The van der Waals surface area contributed by atoms with Crippen LogP contribution in [0.2, 0.25) is 10.0 Å². The number of aryl methyl sites for hydroxylation is 2. The van der Waals surface area contributed by atoms with E-state index in [-0.39, 0.29) is 24.1 Å². The minimum Gasteiger partial charge on any atom is -0.361 e. The van der Waals surface area contributed by atoms with Gasteiger partial charge in [-0.15, -0.1) is 11.8 Å². The zero-order valence-electron chi connectivity index (χ0n) is 16.1. The molecule has 0 bridgehead atoms. The quantitative estimate of drug-likeness (QED) is 0.607. The lowest BCUT2D eigenvalue weighted by Crippen LogP contribution is -2.39. The molecule has 6 nitrogen and oxygen atoms in total. The number of halogens is 2. The molecule has 2 rings (SSSR count). The van der Waals surface area contributed by atoms with Crippen LogP contribution in [0.3, 0.4) is 0 Å². The third kappa shape index (κ3) is 6.43. The number of thioether (sulfide) groups is 1. The Hall–Kier alpha value is -1.70. The first-order valence-electron chi connectivity index (χ1n) is 8.84. The third-order valence-electron chi connectivity index (χ3n) is 4.04. The van der Waals surface area contributed by atoms with Gasteiger partial charge in [-0.1, -0.05) is 35.3 Å². The molecule has 28 heavy (non-hydrogen) atoms. The molecule has 1 N–H and O–H groups in total. The molecule has 0 aliphatic carbocycles. The van der Waals surface area contributed by atoms with Crippen LogP contribution < -0.4 is 5.32 Å². The number of rotatable bonds is 9. The lowest BCUT2D eigenvalue weighted by atomic mass is 10.2.